The smallest absolute Gasteiger partial charge is 0.230 e. The zero-order chi connectivity index (χ0) is 14.5. The summed E-state index contributed by atoms with van der Waals surface area (Å²) < 4.78 is 1.01. The van der Waals surface area contributed by atoms with Crippen molar-refractivity contribution in [3.05, 3.63) is 34.3 Å². The number of nitrogens with zero attached hydrogens (tertiary/aromatic N) is 2. The summed E-state index contributed by atoms with van der Waals surface area (Å²) in [7, 11) is 0. The van der Waals surface area contributed by atoms with Crippen LogP contribution in [0.4, 0.5) is 5.95 Å². The second kappa shape index (κ2) is 6.76. The van der Waals surface area contributed by atoms with Gasteiger partial charge >= 0.3 is 0 Å². The van der Waals surface area contributed by atoms with Crippen LogP contribution in [0.25, 0.3) is 0 Å². The monoisotopic (exact) mass is 355 g/mol. The highest BCUT2D eigenvalue weighted by atomic mass is 79.9. The minimum atomic E-state index is -0.0752. The number of hydrogen-bond donors (Lipinski definition) is 3. The fourth-order valence-corrected chi connectivity index (χ4v) is 2.45. The molecule has 0 aliphatic rings. The van der Waals surface area contributed by atoms with E-state index in [0.29, 0.717) is 5.16 Å². The molecule has 1 aromatic heterocycles. The molecule has 0 saturated heterocycles. The van der Waals surface area contributed by atoms with Crippen LogP contribution in [-0.2, 0) is 4.79 Å². The zero-order valence-corrected chi connectivity index (χ0v) is 13.2. The van der Waals surface area contributed by atoms with Crippen LogP contribution >= 0.6 is 27.7 Å². The lowest BCUT2D eigenvalue weighted by Crippen LogP contribution is -2.28. The van der Waals surface area contributed by atoms with Crippen LogP contribution in [-0.4, -0.2) is 26.8 Å². The fraction of sp³-hybridized carbons (Fsp3) is 0.250. The molecular weight excluding hydrogens is 342 g/mol. The number of hydrogen-bond acceptors (Lipinski definition) is 5. The molecule has 8 heteroatoms. The molecule has 0 saturated carbocycles. The molecule has 106 valence electrons. The Labute approximate surface area is 129 Å². The van der Waals surface area contributed by atoms with E-state index in [1.165, 1.54) is 11.8 Å². The number of H-pyrrole nitrogens is 1. The molecule has 1 aromatic carbocycles. The molecule has 2 aromatic rings. The topological polar surface area (TPSA) is 96.7 Å². The summed E-state index contributed by atoms with van der Waals surface area (Å²) in [5.74, 6) is 0.419. The number of halogens is 1. The fourth-order valence-electron chi connectivity index (χ4n) is 1.57. The molecule has 1 amide bonds. The Morgan fingerprint density at radius 1 is 1.50 bits per heavy atom. The van der Waals surface area contributed by atoms with Gasteiger partial charge in [-0.2, -0.15) is 4.98 Å². The van der Waals surface area contributed by atoms with Crippen molar-refractivity contribution in [2.45, 2.75) is 18.1 Å². The lowest BCUT2D eigenvalue weighted by molar-refractivity contribution is -0.119. The second-order valence-corrected chi connectivity index (χ2v) is 5.99. The summed E-state index contributed by atoms with van der Waals surface area (Å²) in [6.07, 6.45) is 0. The average molecular weight is 356 g/mol. The maximum Gasteiger partial charge on any atom is 0.230 e. The Balaban J connectivity index is 1.83. The standard InChI is InChI=1S/C12H14BrN5OS/c1-7(8-2-4-9(13)5-3-8)15-10(19)6-20-12-16-11(14)17-18-12/h2-5,7H,6H2,1H3,(H,15,19)(H3,14,16,17,18)/t7-/m0/s1. The summed E-state index contributed by atoms with van der Waals surface area (Å²) in [5, 5.41) is 9.76. The van der Waals surface area contributed by atoms with Gasteiger partial charge in [0.05, 0.1) is 11.8 Å². The summed E-state index contributed by atoms with van der Waals surface area (Å²) >= 11 is 4.62. The van der Waals surface area contributed by atoms with Crippen LogP contribution in [0.1, 0.15) is 18.5 Å². The van der Waals surface area contributed by atoms with Crippen LogP contribution in [0.2, 0.25) is 0 Å². The summed E-state index contributed by atoms with van der Waals surface area (Å²) in [6.45, 7) is 1.94. The average Bonchev–Trinajstić information content (AvgIpc) is 2.83. The number of nitrogens with one attached hydrogen (secondary N) is 2. The summed E-state index contributed by atoms with van der Waals surface area (Å²) in [6, 6.07) is 7.79. The SMILES string of the molecule is C[C@H](NC(=O)CSc1n[nH]c(N)n1)c1ccc(Br)cc1. The molecule has 20 heavy (non-hydrogen) atoms. The number of nitrogen functional groups attached to an aromatic ring is 1. The Bertz CT molecular complexity index is 586. The lowest BCUT2D eigenvalue weighted by atomic mass is 10.1. The molecule has 6 nitrogen and oxygen atoms in total. The van der Waals surface area contributed by atoms with Crippen molar-refractivity contribution < 1.29 is 4.79 Å². The Morgan fingerprint density at radius 3 is 2.80 bits per heavy atom. The molecule has 0 bridgehead atoms. The number of nitrogens with two attached hydrogens (primary N) is 1. The van der Waals surface area contributed by atoms with E-state index in [2.05, 4.69) is 36.4 Å². The largest absolute Gasteiger partial charge is 0.368 e. The number of thioether (sulfide) groups is 1. The maximum absolute atomic E-state index is 11.8. The highest BCUT2D eigenvalue weighted by molar-refractivity contribution is 9.10. The van der Waals surface area contributed by atoms with Crippen molar-refractivity contribution in [3.63, 3.8) is 0 Å². The predicted octanol–water partition coefficient (Wildman–Crippen LogP) is 2.12. The molecule has 1 heterocycles. The minimum absolute atomic E-state index is 0.0478. The van der Waals surface area contributed by atoms with Gasteiger partial charge < -0.3 is 11.1 Å². The molecule has 0 aliphatic carbocycles. The number of carbonyl (C=O) groups excluding carboxylic acids is 1. The molecular formula is C12H14BrN5OS. The van der Waals surface area contributed by atoms with Crippen LogP contribution in [0.15, 0.2) is 33.9 Å². The van der Waals surface area contributed by atoms with Crippen molar-refractivity contribution in [2.24, 2.45) is 0 Å². The third-order valence-corrected chi connectivity index (χ3v) is 3.94. The molecule has 0 aliphatic heterocycles. The predicted molar refractivity (Wildman–Crippen MR) is 82.2 cm³/mol. The van der Waals surface area contributed by atoms with E-state index in [1.54, 1.807) is 0 Å². The van der Waals surface area contributed by atoms with Gasteiger partial charge in [-0.25, -0.2) is 5.10 Å². The van der Waals surface area contributed by atoms with Crippen LogP contribution in [0, 0.1) is 0 Å². The normalized spacial score (nSPS) is 12.1. The Morgan fingerprint density at radius 2 is 2.20 bits per heavy atom. The van der Waals surface area contributed by atoms with E-state index in [-0.39, 0.29) is 23.7 Å². The summed E-state index contributed by atoms with van der Waals surface area (Å²) in [5.41, 5.74) is 6.46. The first-order valence-corrected chi connectivity index (χ1v) is 7.68. The minimum Gasteiger partial charge on any atom is -0.368 e. The summed E-state index contributed by atoms with van der Waals surface area (Å²) in [4.78, 5) is 15.8. The highest BCUT2D eigenvalue weighted by Gasteiger charge is 2.11. The van der Waals surface area contributed by atoms with Gasteiger partial charge in [0, 0.05) is 4.47 Å². The van der Waals surface area contributed by atoms with Gasteiger partial charge in [0.15, 0.2) is 0 Å². The molecule has 0 unspecified atom stereocenters. The van der Waals surface area contributed by atoms with Crippen molar-refractivity contribution in [3.8, 4) is 0 Å². The third kappa shape index (κ3) is 4.24. The van der Waals surface area contributed by atoms with Gasteiger partial charge in [-0.15, -0.1) is 5.10 Å². The number of benzene rings is 1. The van der Waals surface area contributed by atoms with Crippen molar-refractivity contribution in [2.75, 3.05) is 11.5 Å². The molecule has 4 N–H and O–H groups in total. The van der Waals surface area contributed by atoms with Crippen LogP contribution in [0.5, 0.6) is 0 Å². The molecule has 0 fully saturated rings. The number of aromatic amines is 1. The van der Waals surface area contributed by atoms with Gasteiger partial charge in [-0.05, 0) is 24.6 Å². The van der Waals surface area contributed by atoms with Gasteiger partial charge in [-0.1, -0.05) is 39.8 Å². The van der Waals surface area contributed by atoms with E-state index in [9.17, 15) is 4.79 Å². The first kappa shape index (κ1) is 14.9. The third-order valence-electron chi connectivity index (χ3n) is 2.56. The van der Waals surface area contributed by atoms with Crippen molar-refractivity contribution >= 4 is 39.5 Å². The van der Waals surface area contributed by atoms with Crippen molar-refractivity contribution in [1.29, 1.82) is 0 Å². The first-order valence-electron chi connectivity index (χ1n) is 5.90. The second-order valence-electron chi connectivity index (χ2n) is 4.13. The first-order chi connectivity index (χ1) is 9.54. The van der Waals surface area contributed by atoms with Crippen LogP contribution in [0.3, 0.4) is 0 Å². The molecule has 2 rings (SSSR count). The van der Waals surface area contributed by atoms with E-state index in [1.807, 2.05) is 31.2 Å². The maximum atomic E-state index is 11.8. The van der Waals surface area contributed by atoms with Gasteiger partial charge in [0.2, 0.25) is 17.0 Å². The molecule has 0 spiro atoms. The number of aromatic nitrogens is 3. The Kier molecular flexibility index (Phi) is 5.02. The van der Waals surface area contributed by atoms with Crippen LogP contribution < -0.4 is 11.1 Å². The van der Waals surface area contributed by atoms with E-state index < -0.39 is 0 Å². The quantitative estimate of drug-likeness (QED) is 0.713. The number of amides is 1. The number of carbonyl (C=O) groups is 1. The van der Waals surface area contributed by atoms with Gasteiger partial charge in [0.1, 0.15) is 0 Å². The number of anilines is 1. The van der Waals surface area contributed by atoms with E-state index in [0.717, 1.165) is 10.0 Å². The highest BCUT2D eigenvalue weighted by Crippen LogP contribution is 2.17. The molecule has 1 atom stereocenters. The van der Waals surface area contributed by atoms with Crippen molar-refractivity contribution in [1.82, 2.24) is 20.5 Å². The molecule has 0 radical (unpaired) electrons. The van der Waals surface area contributed by atoms with E-state index in [4.69, 9.17) is 5.73 Å². The van der Waals surface area contributed by atoms with Gasteiger partial charge in [-0.3, -0.25) is 4.79 Å². The van der Waals surface area contributed by atoms with E-state index >= 15 is 0 Å². The van der Waals surface area contributed by atoms with Gasteiger partial charge in [0.25, 0.3) is 0 Å². The zero-order valence-electron chi connectivity index (χ0n) is 10.8. The Hall–Kier alpha value is -1.54. The lowest BCUT2D eigenvalue weighted by Gasteiger charge is -2.14. The number of rotatable bonds is 5.